The quantitative estimate of drug-likeness (QED) is 0.794. The van der Waals surface area contributed by atoms with Gasteiger partial charge in [0.15, 0.2) is 0 Å². The zero-order valence-electron chi connectivity index (χ0n) is 9.93. The first-order valence-electron chi connectivity index (χ1n) is 6.07. The molecular weight excluding hydrogens is 278 g/mol. The first-order chi connectivity index (χ1) is 8.25. The second-order valence-corrected chi connectivity index (χ2v) is 5.58. The highest BCUT2D eigenvalue weighted by Crippen LogP contribution is 2.21. The fraction of sp³-hybridized carbons (Fsp3) is 0.462. The average Bonchev–Trinajstić information content (AvgIpc) is 2.89. The van der Waals surface area contributed by atoms with Gasteiger partial charge in [0.1, 0.15) is 5.82 Å². The topological polar surface area (TPSA) is 20.5 Å². The highest BCUT2D eigenvalue weighted by Gasteiger charge is 2.22. The fourth-order valence-corrected chi connectivity index (χ4v) is 3.22. The minimum Gasteiger partial charge on any atom is -0.303 e. The van der Waals surface area contributed by atoms with E-state index in [0.717, 1.165) is 22.4 Å². The second-order valence-electron chi connectivity index (χ2n) is 4.76. The number of halogens is 1. The zero-order valence-corrected chi connectivity index (χ0v) is 11.5. The van der Waals surface area contributed by atoms with Gasteiger partial charge in [-0.05, 0) is 54.5 Å². The van der Waals surface area contributed by atoms with Gasteiger partial charge in [0.2, 0.25) is 0 Å². The number of aromatic nitrogens is 2. The predicted octanol–water partition coefficient (Wildman–Crippen LogP) is 2.73. The van der Waals surface area contributed by atoms with E-state index < -0.39 is 0 Å². The highest BCUT2D eigenvalue weighted by molar-refractivity contribution is 9.10. The lowest BCUT2D eigenvalue weighted by molar-refractivity contribution is 0.305. The van der Waals surface area contributed by atoms with Crippen molar-refractivity contribution in [3.8, 4) is 0 Å². The maximum absolute atomic E-state index is 4.56. The predicted molar refractivity (Wildman–Crippen MR) is 72.2 cm³/mol. The van der Waals surface area contributed by atoms with Crippen LogP contribution in [0.2, 0.25) is 0 Å². The average molecular weight is 294 g/mol. The van der Waals surface area contributed by atoms with Crippen molar-refractivity contribution in [2.24, 2.45) is 0 Å². The molecule has 1 aliphatic rings. The summed E-state index contributed by atoms with van der Waals surface area (Å²) >= 11 is 3.60. The molecule has 0 N–H and O–H groups in total. The van der Waals surface area contributed by atoms with Crippen LogP contribution in [-0.2, 0) is 6.42 Å². The normalized spacial score (nSPS) is 21.4. The monoisotopic (exact) mass is 293 g/mol. The third-order valence-corrected chi connectivity index (χ3v) is 4.29. The molecule has 0 aliphatic carbocycles. The van der Waals surface area contributed by atoms with Crippen molar-refractivity contribution >= 4 is 21.4 Å². The largest absolute Gasteiger partial charge is 0.303 e. The van der Waals surface area contributed by atoms with Crippen LogP contribution in [0.4, 0.5) is 0 Å². The van der Waals surface area contributed by atoms with Crippen LogP contribution >= 0.6 is 15.9 Å². The van der Waals surface area contributed by atoms with Crippen molar-refractivity contribution in [3.05, 3.63) is 34.8 Å². The maximum atomic E-state index is 4.56. The van der Waals surface area contributed by atoms with Gasteiger partial charge in [0.25, 0.3) is 0 Å². The zero-order chi connectivity index (χ0) is 11.8. The first-order valence-corrected chi connectivity index (χ1v) is 6.86. The van der Waals surface area contributed by atoms with Gasteiger partial charge in [-0.15, -0.1) is 0 Å². The van der Waals surface area contributed by atoms with E-state index >= 15 is 0 Å². The lowest BCUT2D eigenvalue weighted by atomic mass is 10.1. The Balaban J connectivity index is 1.95. The number of fused-ring (bicyclic) bond motifs is 1. The summed E-state index contributed by atoms with van der Waals surface area (Å²) in [6, 6.07) is 6.86. The van der Waals surface area contributed by atoms with Gasteiger partial charge >= 0.3 is 0 Å². The van der Waals surface area contributed by atoms with Crippen LogP contribution in [0, 0.1) is 0 Å². The van der Waals surface area contributed by atoms with E-state index in [9.17, 15) is 0 Å². The Bertz CT molecular complexity index is 534. The third kappa shape index (κ3) is 2.00. The number of likely N-dealkylation sites (N-methyl/N-ethyl adjacent to an activating group) is 1. The number of nitrogens with zero attached hydrogens (tertiary/aromatic N) is 3. The van der Waals surface area contributed by atoms with Gasteiger partial charge in [-0.2, -0.15) is 0 Å². The SMILES string of the molecule is CN1CCCC1Cc1ncc2cccc(Br)n12. The van der Waals surface area contributed by atoms with E-state index in [1.807, 2.05) is 12.3 Å². The molecule has 0 aromatic carbocycles. The van der Waals surface area contributed by atoms with Crippen LogP contribution in [0.3, 0.4) is 0 Å². The number of likely N-dealkylation sites (tertiary alicyclic amines) is 1. The second kappa shape index (κ2) is 4.42. The van der Waals surface area contributed by atoms with Crippen molar-refractivity contribution < 1.29 is 0 Å². The maximum Gasteiger partial charge on any atom is 0.115 e. The van der Waals surface area contributed by atoms with E-state index in [-0.39, 0.29) is 0 Å². The summed E-state index contributed by atoms with van der Waals surface area (Å²) in [7, 11) is 2.21. The molecule has 2 aromatic heterocycles. The highest BCUT2D eigenvalue weighted by atomic mass is 79.9. The molecule has 1 unspecified atom stereocenters. The molecule has 4 heteroatoms. The lowest BCUT2D eigenvalue weighted by Crippen LogP contribution is -2.27. The molecular formula is C13H16BrN3. The molecule has 2 aromatic rings. The van der Waals surface area contributed by atoms with Crippen molar-refractivity contribution in [2.45, 2.75) is 25.3 Å². The van der Waals surface area contributed by atoms with Crippen LogP contribution in [-0.4, -0.2) is 33.9 Å². The van der Waals surface area contributed by atoms with Gasteiger partial charge in [-0.1, -0.05) is 6.07 Å². The van der Waals surface area contributed by atoms with E-state index in [2.05, 4.69) is 49.4 Å². The van der Waals surface area contributed by atoms with Crippen LogP contribution in [0.5, 0.6) is 0 Å². The van der Waals surface area contributed by atoms with Gasteiger partial charge in [0.05, 0.1) is 16.3 Å². The third-order valence-electron chi connectivity index (χ3n) is 3.67. The summed E-state index contributed by atoms with van der Waals surface area (Å²) in [4.78, 5) is 7.00. The number of hydrogen-bond acceptors (Lipinski definition) is 2. The molecule has 0 amide bonds. The molecule has 0 radical (unpaired) electrons. The Morgan fingerprint density at radius 1 is 1.47 bits per heavy atom. The van der Waals surface area contributed by atoms with E-state index in [1.54, 1.807) is 0 Å². The summed E-state index contributed by atoms with van der Waals surface area (Å²) in [6.07, 6.45) is 5.59. The van der Waals surface area contributed by atoms with E-state index in [0.29, 0.717) is 6.04 Å². The smallest absolute Gasteiger partial charge is 0.115 e. The summed E-state index contributed by atoms with van der Waals surface area (Å²) in [6.45, 7) is 1.22. The number of pyridine rings is 1. The Morgan fingerprint density at radius 2 is 2.35 bits per heavy atom. The Morgan fingerprint density at radius 3 is 3.12 bits per heavy atom. The summed E-state index contributed by atoms with van der Waals surface area (Å²) in [5.74, 6) is 1.16. The molecule has 90 valence electrons. The van der Waals surface area contributed by atoms with E-state index in [4.69, 9.17) is 0 Å². The first kappa shape index (κ1) is 11.2. The van der Waals surface area contributed by atoms with Gasteiger partial charge in [-0.3, -0.25) is 4.40 Å². The van der Waals surface area contributed by atoms with E-state index in [1.165, 1.54) is 19.4 Å². The molecule has 1 aliphatic heterocycles. The molecule has 0 bridgehead atoms. The number of imidazole rings is 1. The summed E-state index contributed by atoms with van der Waals surface area (Å²) in [5.41, 5.74) is 1.16. The number of hydrogen-bond donors (Lipinski definition) is 0. The number of rotatable bonds is 2. The van der Waals surface area contributed by atoms with Crippen LogP contribution in [0.1, 0.15) is 18.7 Å². The van der Waals surface area contributed by atoms with Crippen molar-refractivity contribution in [1.29, 1.82) is 0 Å². The standard InChI is InChI=1S/C13H16BrN3/c1-16-7-3-5-10(16)8-13-15-9-11-4-2-6-12(14)17(11)13/h2,4,6,9-10H,3,5,7-8H2,1H3. The molecule has 1 saturated heterocycles. The van der Waals surface area contributed by atoms with Crippen molar-refractivity contribution in [2.75, 3.05) is 13.6 Å². The van der Waals surface area contributed by atoms with Crippen LogP contribution in [0.15, 0.2) is 29.0 Å². The minimum absolute atomic E-state index is 0.646. The Kier molecular flexibility index (Phi) is 2.92. The molecule has 3 rings (SSSR count). The summed E-state index contributed by atoms with van der Waals surface area (Å²) in [5, 5.41) is 0. The Hall–Kier alpha value is -0.870. The van der Waals surface area contributed by atoms with Gasteiger partial charge in [0, 0.05) is 12.5 Å². The molecule has 3 nitrogen and oxygen atoms in total. The summed E-state index contributed by atoms with van der Waals surface area (Å²) < 4.78 is 3.29. The molecule has 3 heterocycles. The fourth-order valence-electron chi connectivity index (χ4n) is 2.66. The Labute approximate surface area is 110 Å². The lowest BCUT2D eigenvalue weighted by Gasteiger charge is -2.18. The van der Waals surface area contributed by atoms with Crippen LogP contribution < -0.4 is 0 Å². The molecule has 1 fully saturated rings. The van der Waals surface area contributed by atoms with Gasteiger partial charge < -0.3 is 4.90 Å². The molecule has 0 saturated carbocycles. The van der Waals surface area contributed by atoms with Crippen LogP contribution in [0.25, 0.3) is 5.52 Å². The molecule has 0 spiro atoms. The minimum atomic E-state index is 0.646. The molecule has 1 atom stereocenters. The van der Waals surface area contributed by atoms with Gasteiger partial charge in [-0.25, -0.2) is 4.98 Å². The van der Waals surface area contributed by atoms with Crippen molar-refractivity contribution in [1.82, 2.24) is 14.3 Å². The van der Waals surface area contributed by atoms with Crippen molar-refractivity contribution in [3.63, 3.8) is 0 Å². The molecule has 17 heavy (non-hydrogen) atoms.